The smallest absolute Gasteiger partial charge is 0.340 e. The van der Waals surface area contributed by atoms with Crippen molar-refractivity contribution in [1.82, 2.24) is 0 Å². The van der Waals surface area contributed by atoms with Crippen LogP contribution in [-0.4, -0.2) is 23.1 Å². The summed E-state index contributed by atoms with van der Waals surface area (Å²) in [6, 6.07) is 12.9. The summed E-state index contributed by atoms with van der Waals surface area (Å²) < 4.78 is 5.75. The monoisotopic (exact) mass is 320 g/mol. The van der Waals surface area contributed by atoms with Gasteiger partial charge in [-0.05, 0) is 48.4 Å². The molecule has 0 bridgehead atoms. The fourth-order valence-corrected chi connectivity index (χ4v) is 3.08. The molecule has 0 aliphatic heterocycles. The molecule has 21 heavy (non-hydrogen) atoms. The number of carbonyl (C=O) groups is 1. The van der Waals surface area contributed by atoms with Crippen LogP contribution in [0.4, 0.5) is 0 Å². The first kappa shape index (κ1) is 15.8. The molecule has 0 aliphatic carbocycles. The summed E-state index contributed by atoms with van der Waals surface area (Å²) in [6.45, 7) is 1.99. The van der Waals surface area contributed by atoms with Gasteiger partial charge in [-0.25, -0.2) is 4.79 Å². The second-order valence-corrected chi connectivity index (χ2v) is 6.33. The third-order valence-corrected chi connectivity index (χ3v) is 4.47. The molecule has 2 aromatic rings. The van der Waals surface area contributed by atoms with Crippen LogP contribution in [-0.2, 0) is 0 Å². The maximum atomic E-state index is 11.5. The van der Waals surface area contributed by atoms with Crippen molar-refractivity contribution >= 4 is 29.5 Å². The molecule has 0 heterocycles. The van der Waals surface area contributed by atoms with Crippen LogP contribution >= 0.6 is 23.5 Å². The zero-order valence-electron chi connectivity index (χ0n) is 11.8. The van der Waals surface area contributed by atoms with Crippen LogP contribution in [0, 0.1) is 0 Å². The zero-order valence-corrected chi connectivity index (χ0v) is 13.5. The molecule has 0 spiro atoms. The molecular weight excluding hydrogens is 304 g/mol. The van der Waals surface area contributed by atoms with Crippen molar-refractivity contribution in [2.24, 2.45) is 0 Å². The third-order valence-electron chi connectivity index (χ3n) is 2.79. The minimum absolute atomic E-state index is 0.221. The van der Waals surface area contributed by atoms with Crippen molar-refractivity contribution < 1.29 is 14.6 Å². The van der Waals surface area contributed by atoms with E-state index in [1.165, 1.54) is 11.8 Å². The Labute approximate surface area is 132 Å². The lowest BCUT2D eigenvalue weighted by Crippen LogP contribution is -2.02. The Bertz CT molecular complexity index is 624. The highest BCUT2D eigenvalue weighted by atomic mass is 32.2. The van der Waals surface area contributed by atoms with E-state index >= 15 is 0 Å². The minimum Gasteiger partial charge on any atom is -0.478 e. The molecular formula is C16H16O3S2. The fraction of sp³-hybridized carbons (Fsp3) is 0.188. The molecule has 0 fully saturated rings. The van der Waals surface area contributed by atoms with Crippen LogP contribution < -0.4 is 4.74 Å². The number of hydrogen-bond acceptors (Lipinski definition) is 4. The lowest BCUT2D eigenvalue weighted by atomic mass is 10.2. The van der Waals surface area contributed by atoms with Crippen molar-refractivity contribution in [1.29, 1.82) is 0 Å². The Hall–Kier alpha value is -1.59. The number of carboxylic acids is 1. The molecule has 3 nitrogen and oxygen atoms in total. The van der Waals surface area contributed by atoms with E-state index in [1.54, 1.807) is 23.9 Å². The predicted octanol–water partition coefficient (Wildman–Crippen LogP) is 5.01. The third kappa shape index (κ3) is 3.95. The number of hydrogen-bond donors (Lipinski definition) is 1. The summed E-state index contributed by atoms with van der Waals surface area (Å²) in [4.78, 5) is 13.4. The highest BCUT2D eigenvalue weighted by Gasteiger charge is 2.17. The van der Waals surface area contributed by atoms with Gasteiger partial charge < -0.3 is 9.84 Å². The molecule has 1 N–H and O–H groups in total. The second kappa shape index (κ2) is 7.43. The average molecular weight is 320 g/mol. The summed E-state index contributed by atoms with van der Waals surface area (Å²) in [6.07, 6.45) is 2.00. The van der Waals surface area contributed by atoms with Crippen LogP contribution in [0.15, 0.2) is 52.3 Å². The lowest BCUT2D eigenvalue weighted by Gasteiger charge is -2.12. The second-order valence-electron chi connectivity index (χ2n) is 4.15. The fourth-order valence-electron chi connectivity index (χ4n) is 1.85. The van der Waals surface area contributed by atoms with E-state index < -0.39 is 5.97 Å². The Kier molecular flexibility index (Phi) is 5.59. The number of rotatable bonds is 6. The first-order chi connectivity index (χ1) is 10.2. The average Bonchev–Trinajstić information content (AvgIpc) is 2.48. The molecule has 0 aromatic heterocycles. The molecule has 2 aromatic carbocycles. The van der Waals surface area contributed by atoms with E-state index in [0.29, 0.717) is 11.5 Å². The number of benzene rings is 2. The van der Waals surface area contributed by atoms with E-state index in [-0.39, 0.29) is 5.56 Å². The van der Waals surface area contributed by atoms with Crippen molar-refractivity contribution in [2.45, 2.75) is 16.7 Å². The molecule has 2 rings (SSSR count). The summed E-state index contributed by atoms with van der Waals surface area (Å²) in [5.41, 5.74) is 0.221. The lowest BCUT2D eigenvalue weighted by molar-refractivity contribution is 0.0690. The van der Waals surface area contributed by atoms with Crippen molar-refractivity contribution in [3.05, 3.63) is 48.0 Å². The summed E-state index contributed by atoms with van der Waals surface area (Å²) >= 11 is 3.14. The van der Waals surface area contributed by atoms with Gasteiger partial charge in [-0.15, -0.1) is 23.5 Å². The molecule has 0 saturated heterocycles. The van der Waals surface area contributed by atoms with Gasteiger partial charge in [0, 0.05) is 9.79 Å². The largest absolute Gasteiger partial charge is 0.478 e. The van der Waals surface area contributed by atoms with E-state index in [1.807, 2.05) is 43.5 Å². The first-order valence-electron chi connectivity index (χ1n) is 6.46. The van der Waals surface area contributed by atoms with Crippen LogP contribution in [0.2, 0.25) is 0 Å². The molecule has 110 valence electrons. The molecule has 5 heteroatoms. The van der Waals surface area contributed by atoms with Gasteiger partial charge in [-0.2, -0.15) is 0 Å². The van der Waals surface area contributed by atoms with Gasteiger partial charge in [0.25, 0.3) is 0 Å². The topological polar surface area (TPSA) is 46.5 Å². The van der Waals surface area contributed by atoms with Crippen LogP contribution in [0.25, 0.3) is 0 Å². The van der Waals surface area contributed by atoms with Gasteiger partial charge in [0.2, 0.25) is 0 Å². The van der Waals surface area contributed by atoms with Crippen LogP contribution in [0.3, 0.4) is 0 Å². The Balaban J connectivity index is 2.33. The highest BCUT2D eigenvalue weighted by Crippen LogP contribution is 2.33. The highest BCUT2D eigenvalue weighted by molar-refractivity contribution is 7.99. The van der Waals surface area contributed by atoms with Crippen molar-refractivity contribution in [3.8, 4) is 11.5 Å². The standard InChI is InChI=1S/C16H16O3S2/c1-3-21-14-6-4-5-13(15(14)16(17)18)19-11-7-9-12(20-2)10-8-11/h4-10H,3H2,1-2H3,(H,17,18). The summed E-state index contributed by atoms with van der Waals surface area (Å²) in [7, 11) is 0. The number of ether oxygens (including phenoxy) is 1. The van der Waals surface area contributed by atoms with Gasteiger partial charge in [-0.1, -0.05) is 13.0 Å². The molecule has 0 aliphatic rings. The molecule has 0 atom stereocenters. The van der Waals surface area contributed by atoms with E-state index in [2.05, 4.69) is 0 Å². The van der Waals surface area contributed by atoms with Crippen LogP contribution in [0.1, 0.15) is 17.3 Å². The van der Waals surface area contributed by atoms with Gasteiger partial charge in [0.1, 0.15) is 17.1 Å². The van der Waals surface area contributed by atoms with Crippen molar-refractivity contribution in [3.63, 3.8) is 0 Å². The number of aromatic carboxylic acids is 1. The van der Waals surface area contributed by atoms with Gasteiger partial charge in [-0.3, -0.25) is 0 Å². The summed E-state index contributed by atoms with van der Waals surface area (Å²) in [5.74, 6) is 0.848. The minimum atomic E-state index is -0.970. The van der Waals surface area contributed by atoms with Gasteiger partial charge >= 0.3 is 5.97 Å². The van der Waals surface area contributed by atoms with E-state index in [9.17, 15) is 9.90 Å². The zero-order chi connectivity index (χ0) is 15.2. The van der Waals surface area contributed by atoms with Gasteiger partial charge in [0.05, 0.1) is 0 Å². The number of thioether (sulfide) groups is 2. The van der Waals surface area contributed by atoms with Crippen molar-refractivity contribution in [2.75, 3.05) is 12.0 Å². The predicted molar refractivity (Wildman–Crippen MR) is 88.1 cm³/mol. The molecule has 0 amide bonds. The van der Waals surface area contributed by atoms with E-state index in [4.69, 9.17) is 4.74 Å². The molecule has 0 saturated carbocycles. The van der Waals surface area contributed by atoms with Gasteiger partial charge in [0.15, 0.2) is 0 Å². The number of carboxylic acid groups (broad SMARTS) is 1. The quantitative estimate of drug-likeness (QED) is 0.758. The normalized spacial score (nSPS) is 10.4. The Morgan fingerprint density at radius 2 is 1.90 bits per heavy atom. The first-order valence-corrected chi connectivity index (χ1v) is 8.67. The Morgan fingerprint density at radius 1 is 1.19 bits per heavy atom. The van der Waals surface area contributed by atoms with E-state index in [0.717, 1.165) is 15.5 Å². The summed E-state index contributed by atoms with van der Waals surface area (Å²) in [5, 5.41) is 9.44. The maximum absolute atomic E-state index is 11.5. The van der Waals surface area contributed by atoms with Crippen LogP contribution in [0.5, 0.6) is 11.5 Å². The SMILES string of the molecule is CCSc1cccc(Oc2ccc(SC)cc2)c1C(=O)O. The molecule has 0 unspecified atom stereocenters. The maximum Gasteiger partial charge on any atom is 0.340 e. The Morgan fingerprint density at radius 3 is 2.48 bits per heavy atom. The molecule has 0 radical (unpaired) electrons.